The molecule has 0 saturated heterocycles. The summed E-state index contributed by atoms with van der Waals surface area (Å²) < 4.78 is 2.52. The maximum absolute atomic E-state index is 5.50. The quantitative estimate of drug-likeness (QED) is 0.166. The van der Waals surface area contributed by atoms with E-state index in [0.717, 1.165) is 55.8 Å². The Bertz CT molecular complexity index is 3180. The first-order valence-electron chi connectivity index (χ1n) is 18.5. The standard InChI is InChI=1S/C51H31N3S/c1-3-13-33(14-4-1)45-31-46(34-15-5-2-6-16-34)54-51(53-45)35-25-23-32(24-26-35)36-27-28-44-43(29-36)50-48(41-21-11-12-22-47(41)55-50)49(52-44)42-30-37-17-7-8-18-38(37)39-19-9-10-20-40(39)42/h1-31H. The normalized spacial score (nSPS) is 11.6. The van der Waals surface area contributed by atoms with Gasteiger partial charge in [-0.15, -0.1) is 11.3 Å². The molecule has 0 bridgehead atoms. The Morgan fingerprint density at radius 1 is 0.364 bits per heavy atom. The summed E-state index contributed by atoms with van der Waals surface area (Å²) in [6.45, 7) is 0. The molecule has 0 saturated carbocycles. The molecule has 0 aliphatic rings. The van der Waals surface area contributed by atoms with Crippen molar-refractivity contribution in [3.05, 3.63) is 188 Å². The molecule has 55 heavy (non-hydrogen) atoms. The highest BCUT2D eigenvalue weighted by Gasteiger charge is 2.19. The molecule has 11 aromatic rings. The Hall–Kier alpha value is -7.01. The van der Waals surface area contributed by atoms with Gasteiger partial charge in [0.25, 0.3) is 0 Å². The smallest absolute Gasteiger partial charge is 0.160 e. The van der Waals surface area contributed by atoms with Crippen molar-refractivity contribution in [1.82, 2.24) is 15.0 Å². The maximum atomic E-state index is 5.50. The number of hydrogen-bond donors (Lipinski definition) is 0. The molecule has 0 radical (unpaired) electrons. The van der Waals surface area contributed by atoms with Gasteiger partial charge < -0.3 is 0 Å². The average Bonchev–Trinajstić information content (AvgIpc) is 3.66. The van der Waals surface area contributed by atoms with Crippen molar-refractivity contribution in [1.29, 1.82) is 0 Å². The predicted molar refractivity (Wildman–Crippen MR) is 232 cm³/mol. The molecule has 3 aromatic heterocycles. The van der Waals surface area contributed by atoms with Crippen molar-refractivity contribution in [3.63, 3.8) is 0 Å². The van der Waals surface area contributed by atoms with Gasteiger partial charge >= 0.3 is 0 Å². The second-order valence-electron chi connectivity index (χ2n) is 14.0. The number of hydrogen-bond acceptors (Lipinski definition) is 4. The first kappa shape index (κ1) is 31.5. The van der Waals surface area contributed by atoms with E-state index in [1.54, 1.807) is 0 Å². The summed E-state index contributed by atoms with van der Waals surface area (Å²) in [7, 11) is 0. The third-order valence-electron chi connectivity index (χ3n) is 10.7. The number of rotatable bonds is 5. The van der Waals surface area contributed by atoms with Crippen molar-refractivity contribution in [3.8, 4) is 56.3 Å². The van der Waals surface area contributed by atoms with E-state index in [1.807, 2.05) is 47.7 Å². The molecule has 8 aromatic carbocycles. The fourth-order valence-corrected chi connectivity index (χ4v) is 9.22. The number of nitrogens with zero attached hydrogens (tertiary/aromatic N) is 3. The highest BCUT2D eigenvalue weighted by Crippen LogP contribution is 2.46. The first-order valence-corrected chi connectivity index (χ1v) is 19.3. The minimum absolute atomic E-state index is 0.704. The van der Waals surface area contributed by atoms with Crippen molar-refractivity contribution in [2.24, 2.45) is 0 Å². The molecule has 3 nitrogen and oxygen atoms in total. The van der Waals surface area contributed by atoms with Crippen LogP contribution >= 0.6 is 11.3 Å². The van der Waals surface area contributed by atoms with Crippen molar-refractivity contribution < 1.29 is 0 Å². The minimum atomic E-state index is 0.704. The molecule has 0 aliphatic carbocycles. The van der Waals surface area contributed by atoms with E-state index in [2.05, 4.69) is 152 Å². The third kappa shape index (κ3) is 5.38. The Morgan fingerprint density at radius 2 is 0.945 bits per heavy atom. The molecule has 0 amide bonds. The van der Waals surface area contributed by atoms with Crippen molar-refractivity contribution >= 4 is 64.0 Å². The Balaban J connectivity index is 1.05. The fraction of sp³-hybridized carbons (Fsp3) is 0. The average molecular weight is 718 g/mol. The lowest BCUT2D eigenvalue weighted by atomic mass is 9.93. The molecule has 0 fully saturated rings. The van der Waals surface area contributed by atoms with Crippen LogP contribution in [0.5, 0.6) is 0 Å². The van der Waals surface area contributed by atoms with E-state index >= 15 is 0 Å². The van der Waals surface area contributed by atoms with Gasteiger partial charge in [-0.2, -0.15) is 0 Å². The molecular weight excluding hydrogens is 687 g/mol. The lowest BCUT2D eigenvalue weighted by molar-refractivity contribution is 1.18. The predicted octanol–water partition coefficient (Wildman–Crippen LogP) is 14.0. The van der Waals surface area contributed by atoms with Gasteiger partial charge in [0, 0.05) is 47.8 Å². The molecule has 11 rings (SSSR count). The number of thiophene rings is 1. The van der Waals surface area contributed by atoms with Gasteiger partial charge in [-0.25, -0.2) is 15.0 Å². The van der Waals surface area contributed by atoms with E-state index in [-0.39, 0.29) is 0 Å². The Kier molecular flexibility index (Phi) is 7.35. The summed E-state index contributed by atoms with van der Waals surface area (Å²) in [6, 6.07) is 66.5. The van der Waals surface area contributed by atoms with Crippen molar-refractivity contribution in [2.45, 2.75) is 0 Å². The van der Waals surface area contributed by atoms with Crippen LogP contribution in [0.25, 0.3) is 109 Å². The number of fused-ring (bicyclic) bond motifs is 8. The zero-order valence-electron chi connectivity index (χ0n) is 29.6. The highest BCUT2D eigenvalue weighted by atomic mass is 32.1. The van der Waals surface area contributed by atoms with Gasteiger partial charge in [0.05, 0.1) is 22.6 Å². The summed E-state index contributed by atoms with van der Waals surface area (Å²) in [6.07, 6.45) is 0. The summed E-state index contributed by atoms with van der Waals surface area (Å²) in [5.74, 6) is 0.704. The second kappa shape index (κ2) is 12.8. The van der Waals surface area contributed by atoms with E-state index < -0.39 is 0 Å². The third-order valence-corrected chi connectivity index (χ3v) is 11.9. The SMILES string of the molecule is c1ccc(-c2cc(-c3ccccc3)nc(-c3ccc(-c4ccc5nc(-c6cc7ccccc7c7ccccc67)c6c7ccccc7sc6c5c4)cc3)n2)cc1. The molecule has 0 unspecified atom stereocenters. The van der Waals surface area contributed by atoms with Crippen LogP contribution in [-0.2, 0) is 0 Å². The maximum Gasteiger partial charge on any atom is 0.160 e. The lowest BCUT2D eigenvalue weighted by Crippen LogP contribution is -1.96. The summed E-state index contributed by atoms with van der Waals surface area (Å²) in [4.78, 5) is 15.6. The van der Waals surface area contributed by atoms with Gasteiger partial charge in [-0.3, -0.25) is 0 Å². The molecule has 256 valence electrons. The van der Waals surface area contributed by atoms with E-state index in [1.165, 1.54) is 47.3 Å². The minimum Gasteiger partial charge on any atom is -0.247 e. The second-order valence-corrected chi connectivity index (χ2v) is 15.0. The van der Waals surface area contributed by atoms with Gasteiger partial charge in [0.15, 0.2) is 5.82 Å². The topological polar surface area (TPSA) is 38.7 Å². The van der Waals surface area contributed by atoms with Gasteiger partial charge in [0.1, 0.15) is 0 Å². The van der Waals surface area contributed by atoms with Gasteiger partial charge in [-0.05, 0) is 63.0 Å². The fourth-order valence-electron chi connectivity index (χ4n) is 7.99. The monoisotopic (exact) mass is 717 g/mol. The molecule has 4 heteroatoms. The molecule has 3 heterocycles. The first-order chi connectivity index (χ1) is 27.2. The molecule has 0 N–H and O–H groups in total. The summed E-state index contributed by atoms with van der Waals surface area (Å²) in [5.41, 5.74) is 10.4. The van der Waals surface area contributed by atoms with Crippen molar-refractivity contribution in [2.75, 3.05) is 0 Å². The number of aromatic nitrogens is 3. The zero-order chi connectivity index (χ0) is 36.3. The largest absolute Gasteiger partial charge is 0.247 e. The van der Waals surface area contributed by atoms with E-state index in [4.69, 9.17) is 15.0 Å². The molecule has 0 atom stereocenters. The molecule has 0 aliphatic heterocycles. The molecule has 0 spiro atoms. The van der Waals surface area contributed by atoms with Gasteiger partial charge in [-0.1, -0.05) is 158 Å². The van der Waals surface area contributed by atoms with E-state index in [9.17, 15) is 0 Å². The Labute approximate surface area is 321 Å². The van der Waals surface area contributed by atoms with Crippen LogP contribution < -0.4 is 0 Å². The van der Waals surface area contributed by atoms with Crippen LogP contribution in [0.3, 0.4) is 0 Å². The van der Waals surface area contributed by atoms with Crippen LogP contribution in [-0.4, -0.2) is 15.0 Å². The van der Waals surface area contributed by atoms with Crippen LogP contribution in [0.2, 0.25) is 0 Å². The van der Waals surface area contributed by atoms with E-state index in [0.29, 0.717) is 5.82 Å². The molecular formula is C51H31N3S. The van der Waals surface area contributed by atoms with Crippen LogP contribution in [0.15, 0.2) is 188 Å². The van der Waals surface area contributed by atoms with Crippen LogP contribution in [0, 0.1) is 0 Å². The zero-order valence-corrected chi connectivity index (χ0v) is 30.5. The Morgan fingerprint density at radius 3 is 1.67 bits per heavy atom. The van der Waals surface area contributed by atoms with Crippen LogP contribution in [0.1, 0.15) is 0 Å². The van der Waals surface area contributed by atoms with Crippen LogP contribution in [0.4, 0.5) is 0 Å². The number of benzene rings is 8. The lowest BCUT2D eigenvalue weighted by Gasteiger charge is -2.14. The highest BCUT2D eigenvalue weighted by molar-refractivity contribution is 7.26. The summed E-state index contributed by atoms with van der Waals surface area (Å²) >= 11 is 1.86. The van der Waals surface area contributed by atoms with Gasteiger partial charge in [0.2, 0.25) is 0 Å². The summed E-state index contributed by atoms with van der Waals surface area (Å²) in [5, 5.41) is 8.57. The number of pyridine rings is 1.